The molecule has 0 aliphatic carbocycles. The van der Waals surface area contributed by atoms with Gasteiger partial charge in [-0.25, -0.2) is 9.97 Å². The molecule has 112 valence electrons. The number of alkyl halides is 1. The minimum atomic E-state index is 0.220. The van der Waals surface area contributed by atoms with Gasteiger partial charge in [0.1, 0.15) is 11.3 Å². The van der Waals surface area contributed by atoms with Gasteiger partial charge < -0.3 is 9.13 Å². The maximum Gasteiger partial charge on any atom is 0.159 e. The van der Waals surface area contributed by atoms with Crippen LogP contribution < -0.4 is 0 Å². The van der Waals surface area contributed by atoms with Crippen molar-refractivity contribution in [3.8, 4) is 0 Å². The molecule has 0 spiro atoms. The number of halogens is 1. The lowest BCUT2D eigenvalue weighted by Crippen LogP contribution is -2.16. The molecule has 0 aliphatic rings. The molecular formula is C14H19ClN6. The largest absolute Gasteiger partial charge is 0.335 e. The predicted molar refractivity (Wildman–Crippen MR) is 82.4 cm³/mol. The summed E-state index contributed by atoms with van der Waals surface area (Å²) in [5.74, 6) is 1.29. The standard InChI is InChI=1S/C14H19ClN6/c1-4-11-13-14(19(3)18-11)21(12(7-15)17-13)10(2)8-20-6-5-16-9-20/h5-6,9-10H,4,7-8H2,1-3H3. The van der Waals surface area contributed by atoms with E-state index in [0.717, 1.165) is 35.6 Å². The van der Waals surface area contributed by atoms with Crippen LogP contribution in [0.3, 0.4) is 0 Å². The monoisotopic (exact) mass is 306 g/mol. The summed E-state index contributed by atoms with van der Waals surface area (Å²) in [5, 5.41) is 4.55. The molecule has 0 aromatic carbocycles. The molecule has 1 unspecified atom stereocenters. The van der Waals surface area contributed by atoms with E-state index in [9.17, 15) is 0 Å². The quantitative estimate of drug-likeness (QED) is 0.681. The fourth-order valence-electron chi connectivity index (χ4n) is 2.82. The van der Waals surface area contributed by atoms with Crippen LogP contribution in [0.5, 0.6) is 0 Å². The summed E-state index contributed by atoms with van der Waals surface area (Å²) in [6.45, 7) is 5.08. The topological polar surface area (TPSA) is 53.5 Å². The van der Waals surface area contributed by atoms with E-state index >= 15 is 0 Å². The number of imidazole rings is 2. The minimum Gasteiger partial charge on any atom is -0.335 e. The Morgan fingerprint density at radius 3 is 2.81 bits per heavy atom. The average Bonchev–Trinajstić information content (AvgIpc) is 3.15. The minimum absolute atomic E-state index is 0.220. The highest BCUT2D eigenvalue weighted by molar-refractivity contribution is 6.16. The van der Waals surface area contributed by atoms with Crippen LogP contribution >= 0.6 is 11.6 Å². The van der Waals surface area contributed by atoms with Gasteiger partial charge in [0.05, 0.1) is 23.9 Å². The van der Waals surface area contributed by atoms with Crippen LogP contribution in [-0.2, 0) is 25.9 Å². The first-order valence-electron chi connectivity index (χ1n) is 7.10. The van der Waals surface area contributed by atoms with E-state index in [2.05, 4.69) is 33.1 Å². The molecule has 0 bridgehead atoms. The maximum atomic E-state index is 6.10. The lowest BCUT2D eigenvalue weighted by molar-refractivity contribution is 0.457. The SMILES string of the molecule is CCc1nn(C)c2c1nc(CCl)n2C(C)Cn1ccnc1. The van der Waals surface area contributed by atoms with Crippen molar-refractivity contribution < 1.29 is 0 Å². The Morgan fingerprint density at radius 2 is 2.19 bits per heavy atom. The van der Waals surface area contributed by atoms with Gasteiger partial charge in [0.15, 0.2) is 5.65 Å². The van der Waals surface area contributed by atoms with E-state index in [1.165, 1.54) is 0 Å². The lowest BCUT2D eigenvalue weighted by atomic mass is 10.3. The number of rotatable bonds is 5. The fourth-order valence-corrected chi connectivity index (χ4v) is 3.01. The van der Waals surface area contributed by atoms with Crippen LogP contribution in [0.2, 0.25) is 0 Å². The summed E-state index contributed by atoms with van der Waals surface area (Å²) in [6.07, 6.45) is 6.45. The zero-order valence-electron chi connectivity index (χ0n) is 12.5. The summed E-state index contributed by atoms with van der Waals surface area (Å²) >= 11 is 6.10. The Hall–Kier alpha value is -1.82. The molecule has 7 heteroatoms. The van der Waals surface area contributed by atoms with Crippen LogP contribution in [0.4, 0.5) is 0 Å². The first kappa shape index (κ1) is 14.1. The molecule has 0 N–H and O–H groups in total. The third-order valence-corrected chi connectivity index (χ3v) is 3.98. The van der Waals surface area contributed by atoms with Gasteiger partial charge in [0, 0.05) is 26.0 Å². The molecule has 0 saturated carbocycles. The van der Waals surface area contributed by atoms with Gasteiger partial charge in [-0.2, -0.15) is 5.10 Å². The second-order valence-corrected chi connectivity index (χ2v) is 5.50. The molecule has 1 atom stereocenters. The molecule has 3 aromatic heterocycles. The van der Waals surface area contributed by atoms with Crippen LogP contribution in [0.25, 0.3) is 11.2 Å². The Kier molecular flexibility index (Phi) is 3.71. The van der Waals surface area contributed by atoms with Crippen molar-refractivity contribution in [1.29, 1.82) is 0 Å². The molecule has 21 heavy (non-hydrogen) atoms. The fraction of sp³-hybridized carbons (Fsp3) is 0.500. The number of hydrogen-bond donors (Lipinski definition) is 0. The molecular weight excluding hydrogens is 288 g/mol. The van der Waals surface area contributed by atoms with Crippen LogP contribution in [0.15, 0.2) is 18.7 Å². The van der Waals surface area contributed by atoms with Gasteiger partial charge in [-0.15, -0.1) is 11.6 Å². The number of aromatic nitrogens is 6. The molecule has 0 amide bonds. The lowest BCUT2D eigenvalue weighted by Gasteiger charge is -2.17. The molecule has 6 nitrogen and oxygen atoms in total. The summed E-state index contributed by atoms with van der Waals surface area (Å²) in [7, 11) is 1.96. The Balaban J connectivity index is 2.09. The zero-order chi connectivity index (χ0) is 15.0. The van der Waals surface area contributed by atoms with Gasteiger partial charge in [0.2, 0.25) is 0 Å². The summed E-state index contributed by atoms with van der Waals surface area (Å²) in [5.41, 5.74) is 3.02. The normalized spacial score (nSPS) is 13.1. The molecule has 3 heterocycles. The molecule has 0 saturated heterocycles. The number of aryl methyl sites for hydroxylation is 2. The third-order valence-electron chi connectivity index (χ3n) is 3.74. The van der Waals surface area contributed by atoms with Crippen LogP contribution in [0.1, 0.15) is 31.4 Å². The van der Waals surface area contributed by atoms with E-state index < -0.39 is 0 Å². The maximum absolute atomic E-state index is 6.10. The van der Waals surface area contributed by atoms with E-state index in [0.29, 0.717) is 5.88 Å². The second kappa shape index (κ2) is 5.52. The van der Waals surface area contributed by atoms with Gasteiger partial charge in [0.25, 0.3) is 0 Å². The second-order valence-electron chi connectivity index (χ2n) is 5.24. The van der Waals surface area contributed by atoms with Crippen molar-refractivity contribution in [3.05, 3.63) is 30.2 Å². The first-order valence-corrected chi connectivity index (χ1v) is 7.63. The molecule has 3 aromatic rings. The first-order chi connectivity index (χ1) is 10.2. The van der Waals surface area contributed by atoms with Gasteiger partial charge >= 0.3 is 0 Å². The van der Waals surface area contributed by atoms with Crippen molar-refractivity contribution in [1.82, 2.24) is 28.9 Å². The van der Waals surface area contributed by atoms with Crippen molar-refractivity contribution in [2.45, 2.75) is 38.7 Å². The molecule has 0 aliphatic heterocycles. The highest BCUT2D eigenvalue weighted by atomic mass is 35.5. The Labute approximate surface area is 128 Å². The van der Waals surface area contributed by atoms with Crippen molar-refractivity contribution in [2.24, 2.45) is 7.05 Å². The Morgan fingerprint density at radius 1 is 1.38 bits per heavy atom. The average molecular weight is 307 g/mol. The smallest absolute Gasteiger partial charge is 0.159 e. The highest BCUT2D eigenvalue weighted by Crippen LogP contribution is 2.25. The van der Waals surface area contributed by atoms with Gasteiger partial charge in [-0.1, -0.05) is 6.92 Å². The number of nitrogens with zero attached hydrogens (tertiary/aromatic N) is 6. The third kappa shape index (κ3) is 2.33. The number of hydrogen-bond acceptors (Lipinski definition) is 3. The van der Waals surface area contributed by atoms with Crippen LogP contribution in [0, 0.1) is 0 Å². The van der Waals surface area contributed by atoms with E-state index in [-0.39, 0.29) is 6.04 Å². The predicted octanol–water partition coefficient (Wildman–Crippen LogP) is 2.53. The van der Waals surface area contributed by atoms with Crippen molar-refractivity contribution >= 4 is 22.8 Å². The highest BCUT2D eigenvalue weighted by Gasteiger charge is 2.21. The van der Waals surface area contributed by atoms with Crippen molar-refractivity contribution in [2.75, 3.05) is 0 Å². The molecule has 0 radical (unpaired) electrons. The van der Waals surface area contributed by atoms with E-state index in [4.69, 9.17) is 16.6 Å². The van der Waals surface area contributed by atoms with E-state index in [1.807, 2.05) is 24.3 Å². The summed E-state index contributed by atoms with van der Waals surface area (Å²) in [4.78, 5) is 8.79. The Bertz CT molecular complexity index is 739. The van der Waals surface area contributed by atoms with Crippen molar-refractivity contribution in [3.63, 3.8) is 0 Å². The van der Waals surface area contributed by atoms with Gasteiger partial charge in [-0.05, 0) is 13.3 Å². The number of fused-ring (bicyclic) bond motifs is 1. The molecule has 3 rings (SSSR count). The van der Waals surface area contributed by atoms with Crippen LogP contribution in [-0.4, -0.2) is 28.9 Å². The van der Waals surface area contributed by atoms with Gasteiger partial charge in [-0.3, -0.25) is 4.68 Å². The summed E-state index contributed by atoms with van der Waals surface area (Å²) in [6, 6.07) is 0.220. The summed E-state index contributed by atoms with van der Waals surface area (Å²) < 4.78 is 6.15. The van der Waals surface area contributed by atoms with E-state index in [1.54, 1.807) is 6.20 Å². The molecule has 0 fully saturated rings. The zero-order valence-corrected chi connectivity index (χ0v) is 13.2.